The van der Waals surface area contributed by atoms with Crippen molar-refractivity contribution >= 4 is 11.9 Å². The number of amides is 1. The fourth-order valence-corrected chi connectivity index (χ4v) is 2.11. The van der Waals surface area contributed by atoms with Gasteiger partial charge in [-0.2, -0.15) is 0 Å². The molecule has 98 valence electrons. The molecule has 1 atom stereocenters. The molecule has 0 saturated carbocycles. The predicted molar refractivity (Wildman–Crippen MR) is 64.7 cm³/mol. The highest BCUT2D eigenvalue weighted by molar-refractivity contribution is 5.80. The number of hydrogen-bond acceptors (Lipinski definition) is 3. The molecule has 0 spiro atoms. The number of nitrogens with zero attached hydrogens (tertiary/aromatic N) is 1. The van der Waals surface area contributed by atoms with E-state index in [-0.39, 0.29) is 5.91 Å². The highest BCUT2D eigenvalue weighted by atomic mass is 16.4. The number of rotatable bonds is 5. The lowest BCUT2D eigenvalue weighted by molar-refractivity contribution is -0.153. The fraction of sp³-hybridized carbons (Fsp3) is 0.833. The van der Waals surface area contributed by atoms with Crippen molar-refractivity contribution < 1.29 is 14.7 Å². The normalized spacial score (nSPS) is 24.7. The van der Waals surface area contributed by atoms with Crippen LogP contribution in [0.3, 0.4) is 0 Å². The lowest BCUT2D eigenvalue weighted by Gasteiger charge is -2.37. The summed E-state index contributed by atoms with van der Waals surface area (Å²) in [5, 5.41) is 12.2. The second-order valence-corrected chi connectivity index (χ2v) is 4.96. The van der Waals surface area contributed by atoms with Crippen LogP contribution in [0.5, 0.6) is 0 Å². The van der Waals surface area contributed by atoms with Crippen LogP contribution >= 0.6 is 0 Å². The van der Waals surface area contributed by atoms with E-state index in [0.29, 0.717) is 26.1 Å². The van der Waals surface area contributed by atoms with E-state index in [1.807, 2.05) is 6.92 Å². The predicted octanol–water partition coefficient (Wildman–Crippen LogP) is 0.699. The van der Waals surface area contributed by atoms with Gasteiger partial charge in [0.25, 0.3) is 0 Å². The van der Waals surface area contributed by atoms with E-state index >= 15 is 0 Å². The van der Waals surface area contributed by atoms with E-state index in [2.05, 4.69) is 5.32 Å². The molecule has 0 bridgehead atoms. The van der Waals surface area contributed by atoms with Gasteiger partial charge in [0, 0.05) is 13.1 Å². The van der Waals surface area contributed by atoms with Crippen molar-refractivity contribution in [3.63, 3.8) is 0 Å². The summed E-state index contributed by atoms with van der Waals surface area (Å²) < 4.78 is 0. The molecule has 1 aliphatic rings. The molecular weight excluding hydrogens is 220 g/mol. The molecule has 1 aliphatic heterocycles. The van der Waals surface area contributed by atoms with Crippen LogP contribution in [0.25, 0.3) is 0 Å². The second-order valence-electron chi connectivity index (χ2n) is 4.96. The minimum Gasteiger partial charge on any atom is -0.481 e. The molecule has 1 saturated heterocycles. The van der Waals surface area contributed by atoms with Crippen LogP contribution in [0.15, 0.2) is 0 Å². The number of carbonyl (C=O) groups excluding carboxylic acids is 1. The summed E-state index contributed by atoms with van der Waals surface area (Å²) in [4.78, 5) is 24.7. The van der Waals surface area contributed by atoms with Gasteiger partial charge >= 0.3 is 5.97 Å². The Morgan fingerprint density at radius 1 is 1.47 bits per heavy atom. The molecule has 1 unspecified atom stereocenters. The molecule has 0 aromatic rings. The molecule has 1 heterocycles. The average molecular weight is 242 g/mol. The zero-order valence-electron chi connectivity index (χ0n) is 10.7. The van der Waals surface area contributed by atoms with Gasteiger partial charge in [-0.15, -0.1) is 0 Å². The van der Waals surface area contributed by atoms with Crippen molar-refractivity contribution in [1.82, 2.24) is 10.2 Å². The fourth-order valence-electron chi connectivity index (χ4n) is 2.11. The topological polar surface area (TPSA) is 69.6 Å². The Labute approximate surface area is 102 Å². The number of aliphatic carboxylic acids is 1. The van der Waals surface area contributed by atoms with Gasteiger partial charge in [0.1, 0.15) is 0 Å². The number of piperidine rings is 1. The highest BCUT2D eigenvalue weighted by Gasteiger charge is 2.39. The lowest BCUT2D eigenvalue weighted by Crippen LogP contribution is -2.50. The minimum atomic E-state index is -0.809. The first-order chi connectivity index (χ1) is 7.99. The number of likely N-dealkylation sites (tertiary alicyclic amines) is 1. The first-order valence-corrected chi connectivity index (χ1v) is 6.21. The summed E-state index contributed by atoms with van der Waals surface area (Å²) in [6, 6.07) is 0. The molecule has 1 rings (SSSR count). The summed E-state index contributed by atoms with van der Waals surface area (Å²) in [5.74, 6) is -0.804. The van der Waals surface area contributed by atoms with Crippen molar-refractivity contribution in [2.75, 3.05) is 26.2 Å². The highest BCUT2D eigenvalue weighted by Crippen LogP contribution is 2.29. The smallest absolute Gasteiger partial charge is 0.311 e. The third-order valence-corrected chi connectivity index (χ3v) is 3.27. The van der Waals surface area contributed by atoms with Crippen LogP contribution in [0.2, 0.25) is 0 Å². The van der Waals surface area contributed by atoms with Crippen LogP contribution in [0.1, 0.15) is 33.1 Å². The van der Waals surface area contributed by atoms with Gasteiger partial charge in [0.15, 0.2) is 0 Å². The zero-order chi connectivity index (χ0) is 12.9. The average Bonchev–Trinajstić information content (AvgIpc) is 2.29. The molecule has 1 amide bonds. The largest absolute Gasteiger partial charge is 0.481 e. The van der Waals surface area contributed by atoms with Crippen LogP contribution in [0.4, 0.5) is 0 Å². The molecule has 0 aromatic heterocycles. The van der Waals surface area contributed by atoms with Crippen molar-refractivity contribution in [2.45, 2.75) is 33.1 Å². The minimum absolute atomic E-state index is 0.00521. The Balaban J connectivity index is 2.49. The maximum Gasteiger partial charge on any atom is 0.311 e. The molecule has 2 N–H and O–H groups in total. The maximum absolute atomic E-state index is 11.9. The Kier molecular flexibility index (Phi) is 4.93. The number of hydrogen-bond donors (Lipinski definition) is 2. The second kappa shape index (κ2) is 6.00. The Bertz CT molecular complexity index is 293. The van der Waals surface area contributed by atoms with Gasteiger partial charge in [0.2, 0.25) is 5.91 Å². The van der Waals surface area contributed by atoms with Gasteiger partial charge in [0.05, 0.1) is 12.0 Å². The van der Waals surface area contributed by atoms with Gasteiger partial charge < -0.3 is 15.3 Å². The van der Waals surface area contributed by atoms with Gasteiger partial charge in [-0.3, -0.25) is 9.59 Å². The van der Waals surface area contributed by atoms with Crippen molar-refractivity contribution in [2.24, 2.45) is 5.41 Å². The zero-order valence-corrected chi connectivity index (χ0v) is 10.7. The van der Waals surface area contributed by atoms with Crippen LogP contribution in [-0.4, -0.2) is 48.1 Å². The number of carboxylic acids is 1. The van der Waals surface area contributed by atoms with Crippen molar-refractivity contribution in [3.05, 3.63) is 0 Å². The van der Waals surface area contributed by atoms with Gasteiger partial charge in [-0.25, -0.2) is 0 Å². The van der Waals surface area contributed by atoms with E-state index in [9.17, 15) is 9.59 Å². The molecule has 0 aliphatic carbocycles. The number of carbonyl (C=O) groups is 2. The van der Waals surface area contributed by atoms with Crippen molar-refractivity contribution in [3.8, 4) is 0 Å². The van der Waals surface area contributed by atoms with E-state index < -0.39 is 11.4 Å². The maximum atomic E-state index is 11.9. The molecule has 17 heavy (non-hydrogen) atoms. The van der Waals surface area contributed by atoms with Crippen LogP contribution in [-0.2, 0) is 9.59 Å². The van der Waals surface area contributed by atoms with E-state index in [1.54, 1.807) is 11.8 Å². The summed E-state index contributed by atoms with van der Waals surface area (Å²) >= 11 is 0. The standard InChI is InChI=1S/C12H22N2O3/c1-3-6-13-8-10(15)14-7-4-5-12(2,9-14)11(16)17/h13H,3-9H2,1-2H3,(H,16,17). The lowest BCUT2D eigenvalue weighted by atomic mass is 9.82. The molecule has 1 fully saturated rings. The Morgan fingerprint density at radius 2 is 2.18 bits per heavy atom. The van der Waals surface area contributed by atoms with E-state index in [0.717, 1.165) is 19.4 Å². The molecule has 0 aromatic carbocycles. The van der Waals surface area contributed by atoms with Gasteiger partial charge in [-0.1, -0.05) is 6.92 Å². The Morgan fingerprint density at radius 3 is 2.76 bits per heavy atom. The van der Waals surface area contributed by atoms with Gasteiger partial charge in [-0.05, 0) is 32.7 Å². The monoisotopic (exact) mass is 242 g/mol. The van der Waals surface area contributed by atoms with E-state index in [1.165, 1.54) is 0 Å². The first kappa shape index (κ1) is 14.0. The number of nitrogens with one attached hydrogen (secondary N) is 1. The third-order valence-electron chi connectivity index (χ3n) is 3.27. The molecular formula is C12H22N2O3. The third kappa shape index (κ3) is 3.70. The summed E-state index contributed by atoms with van der Waals surface area (Å²) in [6.45, 7) is 5.89. The van der Waals surface area contributed by atoms with Crippen LogP contribution < -0.4 is 5.32 Å². The van der Waals surface area contributed by atoms with E-state index in [4.69, 9.17) is 5.11 Å². The quantitative estimate of drug-likeness (QED) is 0.696. The Hall–Kier alpha value is -1.10. The number of carboxylic acid groups (broad SMARTS) is 1. The summed E-state index contributed by atoms with van der Waals surface area (Å²) in [7, 11) is 0. The SMILES string of the molecule is CCCNCC(=O)N1CCCC(C)(C(=O)O)C1. The summed E-state index contributed by atoms with van der Waals surface area (Å²) in [6.07, 6.45) is 2.40. The molecule has 0 radical (unpaired) electrons. The first-order valence-electron chi connectivity index (χ1n) is 6.21. The van der Waals surface area contributed by atoms with Crippen molar-refractivity contribution in [1.29, 1.82) is 0 Å². The molecule has 5 heteroatoms. The molecule has 5 nitrogen and oxygen atoms in total. The summed E-state index contributed by atoms with van der Waals surface area (Å²) in [5.41, 5.74) is -0.779. The van der Waals surface area contributed by atoms with Crippen LogP contribution in [0, 0.1) is 5.41 Å².